The average Bonchev–Trinajstić information content (AvgIpc) is 4.10. The molecule has 0 saturated heterocycles. The summed E-state index contributed by atoms with van der Waals surface area (Å²) in [5.41, 5.74) is 0. The number of fused-ring (bicyclic) bond motifs is 24. The van der Waals surface area contributed by atoms with Gasteiger partial charge in [-0.2, -0.15) is 0 Å². The molecule has 0 spiro atoms. The zero-order valence-electron chi connectivity index (χ0n) is 30.0. The first-order valence-corrected chi connectivity index (χ1v) is 29.3. The maximum atomic E-state index is 3.70. The minimum atomic E-state index is 1.13. The Balaban J connectivity index is 0.000000123. The summed E-state index contributed by atoms with van der Waals surface area (Å²) in [6.07, 6.45) is 0. The van der Waals surface area contributed by atoms with Crippen molar-refractivity contribution >= 4 is 265 Å². The van der Waals surface area contributed by atoms with E-state index in [1.54, 1.807) is 0 Å². The number of hydrogen-bond acceptors (Lipinski definition) is 6. The van der Waals surface area contributed by atoms with E-state index in [1.165, 1.54) is 121 Å². The molecule has 0 amide bonds. The fourth-order valence-corrected chi connectivity index (χ4v) is 17.8. The topological polar surface area (TPSA) is 0 Å². The molecule has 0 fully saturated rings. The number of rotatable bonds is 0. The molecule has 11 heteroatoms. The van der Waals surface area contributed by atoms with E-state index in [-0.39, 0.29) is 0 Å². The van der Waals surface area contributed by atoms with E-state index in [9.17, 15) is 0 Å². The van der Waals surface area contributed by atoms with Crippen molar-refractivity contribution in [1.29, 1.82) is 0 Å². The van der Waals surface area contributed by atoms with Crippen LogP contribution in [0.15, 0.2) is 141 Å². The van der Waals surface area contributed by atoms with Crippen LogP contribution in [0.5, 0.6) is 0 Å². The summed E-state index contributed by atoms with van der Waals surface area (Å²) in [6, 6.07) is 46.7. The highest BCUT2D eigenvalue weighted by Gasteiger charge is 2.23. The fourth-order valence-electron chi connectivity index (χ4n) is 8.75. The van der Waals surface area contributed by atoms with Gasteiger partial charge in [-0.05, 0) is 72.8 Å². The molecule has 0 radical (unpaired) electrons. The number of benzene rings is 8. The molecule has 0 atom stereocenters. The van der Waals surface area contributed by atoms with Gasteiger partial charge in [0.15, 0.2) is 0 Å². The molecule has 8 aromatic carbocycles. The van der Waals surface area contributed by atoms with E-state index in [1.807, 2.05) is 68.0 Å². The lowest BCUT2D eigenvalue weighted by Gasteiger charge is -2.01. The third-order valence-electron chi connectivity index (χ3n) is 11.1. The maximum absolute atomic E-state index is 3.70. The highest BCUT2D eigenvalue weighted by molar-refractivity contribution is 9.93. The largest absolute Gasteiger partial charge is 0.134 e. The molecule has 14 rings (SSSR count). The molecule has 59 heavy (non-hydrogen) atoms. The fraction of sp³-hybridized carbons (Fsp3) is 0. The second-order valence-electron chi connectivity index (χ2n) is 14.2. The number of halogens is 5. The van der Waals surface area contributed by atoms with Crippen LogP contribution in [0, 0.1) is 0 Å². The van der Waals surface area contributed by atoms with E-state index >= 15 is 0 Å². The van der Waals surface area contributed by atoms with Gasteiger partial charge in [0.25, 0.3) is 0 Å². The van der Waals surface area contributed by atoms with Gasteiger partial charge in [0, 0.05) is 163 Å². The minimum absolute atomic E-state index is 1.13. The van der Waals surface area contributed by atoms with Gasteiger partial charge in [-0.1, -0.05) is 102 Å². The molecular formula is C48H21Br5S6. The molecule has 6 aromatic heterocycles. The quantitative estimate of drug-likeness (QED) is 0.142. The molecule has 0 aliphatic rings. The summed E-state index contributed by atoms with van der Waals surface area (Å²) in [5, 5.41) is 16.8. The van der Waals surface area contributed by atoms with Crippen LogP contribution in [0.4, 0.5) is 0 Å². The van der Waals surface area contributed by atoms with Gasteiger partial charge in [-0.3, -0.25) is 0 Å². The van der Waals surface area contributed by atoms with Crippen LogP contribution in [0.1, 0.15) is 0 Å². The van der Waals surface area contributed by atoms with Crippen molar-refractivity contribution in [3.05, 3.63) is 141 Å². The Morgan fingerprint density at radius 3 is 0.746 bits per heavy atom. The van der Waals surface area contributed by atoms with Crippen molar-refractivity contribution in [2.75, 3.05) is 0 Å². The predicted molar refractivity (Wildman–Crippen MR) is 291 cm³/mol. The number of thiophene rings is 6. The summed E-state index contributed by atoms with van der Waals surface area (Å²) in [7, 11) is 0. The Kier molecular flexibility index (Phi) is 9.58. The third kappa shape index (κ3) is 5.79. The molecule has 6 heterocycles. The van der Waals surface area contributed by atoms with Crippen molar-refractivity contribution in [1.82, 2.24) is 0 Å². The third-order valence-corrected chi connectivity index (χ3v) is 19.7. The van der Waals surface area contributed by atoms with E-state index in [0.717, 1.165) is 13.4 Å². The summed E-state index contributed by atoms with van der Waals surface area (Å²) in [4.78, 5) is 0. The summed E-state index contributed by atoms with van der Waals surface area (Å²) in [6.45, 7) is 0. The van der Waals surface area contributed by atoms with Gasteiger partial charge >= 0.3 is 0 Å². The normalized spacial score (nSPS) is 12.2. The molecule has 0 saturated carbocycles. The van der Waals surface area contributed by atoms with Crippen LogP contribution in [0.2, 0.25) is 0 Å². The van der Waals surface area contributed by atoms with Crippen molar-refractivity contribution in [2.24, 2.45) is 0 Å². The standard InChI is InChI=1S/C24H9Br3S3.C24H12S3.Br2/c25-10-1-4-16-13(7-10)19-22(28-16)20-14-8-11(26)2-5-17(14)30-24(20)21-15-9-12(27)3-6-18(15)29-23(19)21;1-4-10-16-13(7-1)19-22(25-16)20-15-9-3-6-12-18(15)27-24(20)21-14-8-2-5-11-17(14)26-23(19)21;1-2/h1-9H;1-12H;. The molecular weight excluding hydrogens is 1170 g/mol. The van der Waals surface area contributed by atoms with Crippen molar-refractivity contribution in [3.8, 4) is 0 Å². The minimum Gasteiger partial charge on any atom is -0.134 e. The average molecular weight is 1190 g/mol. The van der Waals surface area contributed by atoms with Crippen LogP contribution in [-0.2, 0) is 0 Å². The zero-order valence-corrected chi connectivity index (χ0v) is 42.8. The second-order valence-corrected chi connectivity index (χ2v) is 23.3. The van der Waals surface area contributed by atoms with Gasteiger partial charge in [0.1, 0.15) is 0 Å². The van der Waals surface area contributed by atoms with Gasteiger partial charge < -0.3 is 0 Å². The van der Waals surface area contributed by atoms with Gasteiger partial charge in [0.05, 0.1) is 0 Å². The molecule has 0 N–H and O–H groups in total. The summed E-state index contributed by atoms with van der Waals surface area (Å²) < 4.78 is 20.1. The molecule has 0 unspecified atom stereocenters. The van der Waals surface area contributed by atoms with Crippen molar-refractivity contribution < 1.29 is 0 Å². The van der Waals surface area contributed by atoms with Crippen LogP contribution < -0.4 is 0 Å². The lowest BCUT2D eigenvalue weighted by molar-refractivity contribution is 1.77. The van der Waals surface area contributed by atoms with Gasteiger partial charge in [0.2, 0.25) is 0 Å². The highest BCUT2D eigenvalue weighted by atomic mass is 80.9. The Morgan fingerprint density at radius 1 is 0.254 bits per heavy atom. The predicted octanol–water partition coefficient (Wildman–Crippen LogP) is 21.6. The van der Waals surface area contributed by atoms with Crippen LogP contribution >= 0.6 is 144 Å². The molecule has 0 aliphatic carbocycles. The summed E-state index contributed by atoms with van der Waals surface area (Å²) in [5.74, 6) is 0. The van der Waals surface area contributed by atoms with Crippen LogP contribution in [-0.4, -0.2) is 0 Å². The Hall–Kier alpha value is -2.52. The monoisotopic (exact) mass is 1180 g/mol. The first-order chi connectivity index (χ1) is 29.0. The maximum Gasteiger partial charge on any atom is 0.0463 e. The van der Waals surface area contributed by atoms with Crippen molar-refractivity contribution in [3.63, 3.8) is 0 Å². The Bertz CT molecular complexity index is 3570. The highest BCUT2D eigenvalue weighted by Crippen LogP contribution is 2.55. The molecule has 284 valence electrons. The Labute approximate surface area is 400 Å². The van der Waals surface area contributed by atoms with Crippen LogP contribution in [0.25, 0.3) is 121 Å². The van der Waals surface area contributed by atoms with E-state index < -0.39 is 0 Å². The molecule has 0 bridgehead atoms. The molecule has 0 nitrogen and oxygen atoms in total. The van der Waals surface area contributed by atoms with Gasteiger partial charge in [-0.25, -0.2) is 0 Å². The molecule has 0 aliphatic heterocycles. The van der Waals surface area contributed by atoms with E-state index in [4.69, 9.17) is 0 Å². The number of hydrogen-bond donors (Lipinski definition) is 0. The molecule has 14 aromatic rings. The lowest BCUT2D eigenvalue weighted by Crippen LogP contribution is -1.74. The smallest absolute Gasteiger partial charge is 0.0463 e. The lowest BCUT2D eigenvalue weighted by atomic mass is 10.0. The SMILES string of the molecule is BrBr.Brc1ccc2sc3c(c2c1)c1sc2ccc(Br)cc2c1c1sc2ccc(Br)cc2c31.c1ccc2c(c1)sc1c2c2sc3ccccc3c2c2sc3ccccc3c12. The van der Waals surface area contributed by atoms with Crippen molar-refractivity contribution in [2.45, 2.75) is 0 Å². The van der Waals surface area contributed by atoms with E-state index in [2.05, 4.69) is 203 Å². The summed E-state index contributed by atoms with van der Waals surface area (Å²) >= 11 is 28.2. The zero-order chi connectivity index (χ0) is 39.7. The Morgan fingerprint density at radius 2 is 0.475 bits per heavy atom. The first-order valence-electron chi connectivity index (χ1n) is 18.4. The second kappa shape index (κ2) is 14.8. The van der Waals surface area contributed by atoms with Gasteiger partial charge in [-0.15, -0.1) is 68.0 Å². The van der Waals surface area contributed by atoms with Crippen LogP contribution in [0.3, 0.4) is 0 Å². The first kappa shape index (κ1) is 38.2. The van der Waals surface area contributed by atoms with E-state index in [0.29, 0.717) is 0 Å².